The molecule has 0 heterocycles. The summed E-state index contributed by atoms with van der Waals surface area (Å²) in [6, 6.07) is 3.43. The highest BCUT2D eigenvalue weighted by atomic mass is 32.1. The van der Waals surface area contributed by atoms with Crippen LogP contribution in [-0.2, 0) is 0 Å². The van der Waals surface area contributed by atoms with Gasteiger partial charge in [0.2, 0.25) is 0 Å². The summed E-state index contributed by atoms with van der Waals surface area (Å²) in [5, 5.41) is 20.6. The predicted molar refractivity (Wildman–Crippen MR) is 82.2 cm³/mol. The van der Waals surface area contributed by atoms with Gasteiger partial charge in [0.05, 0.1) is 0 Å². The van der Waals surface area contributed by atoms with Gasteiger partial charge in [0.1, 0.15) is 11.5 Å². The molecule has 0 saturated carbocycles. The van der Waals surface area contributed by atoms with Crippen LogP contribution in [0, 0.1) is 12.8 Å². The van der Waals surface area contributed by atoms with Crippen LogP contribution in [0.3, 0.4) is 0 Å². The molecule has 0 aromatic heterocycles. The zero-order chi connectivity index (χ0) is 14.2. The highest BCUT2D eigenvalue weighted by Crippen LogP contribution is 2.46. The Kier molecular flexibility index (Phi) is 4.14. The van der Waals surface area contributed by atoms with Gasteiger partial charge in [-0.25, -0.2) is 0 Å². The van der Waals surface area contributed by atoms with Gasteiger partial charge in [0.25, 0.3) is 0 Å². The van der Waals surface area contributed by atoms with E-state index in [0.717, 1.165) is 18.4 Å². The van der Waals surface area contributed by atoms with Crippen molar-refractivity contribution < 1.29 is 10.2 Å². The lowest BCUT2D eigenvalue weighted by molar-refractivity contribution is 0.380. The van der Waals surface area contributed by atoms with Gasteiger partial charge in [-0.2, -0.15) is 12.6 Å². The normalized spacial score (nSPS) is 24.9. The van der Waals surface area contributed by atoms with E-state index in [1.165, 1.54) is 5.57 Å². The van der Waals surface area contributed by atoms with Crippen molar-refractivity contribution in [2.24, 2.45) is 5.92 Å². The highest BCUT2D eigenvalue weighted by molar-refractivity contribution is 7.80. The van der Waals surface area contributed by atoms with E-state index in [9.17, 15) is 10.2 Å². The molecule has 104 valence electrons. The zero-order valence-electron chi connectivity index (χ0n) is 11.7. The van der Waals surface area contributed by atoms with Gasteiger partial charge in [-0.1, -0.05) is 18.6 Å². The average molecular weight is 278 g/mol. The Labute approximate surface area is 120 Å². The fraction of sp³-hybridized carbons (Fsp3) is 0.500. The Hall–Kier alpha value is -1.09. The fourth-order valence-electron chi connectivity index (χ4n) is 3.03. The third-order valence-electron chi connectivity index (χ3n) is 4.03. The van der Waals surface area contributed by atoms with E-state index in [1.807, 2.05) is 6.92 Å². The fourth-order valence-corrected chi connectivity index (χ4v) is 3.36. The molecule has 0 radical (unpaired) electrons. The molecule has 1 aromatic rings. The number of benzene rings is 1. The molecular formula is C16H22O2S. The van der Waals surface area contributed by atoms with Crippen molar-refractivity contribution in [2.45, 2.75) is 44.8 Å². The Morgan fingerprint density at radius 2 is 1.79 bits per heavy atom. The standard InChI is InChI=1S/C16H22O2S/c1-9-4-5-12(11(3)19)13(6-9)16-14(17)7-10(2)8-15(16)18/h6-8,11-13,17-19H,4-5H2,1-3H3. The minimum Gasteiger partial charge on any atom is -0.507 e. The van der Waals surface area contributed by atoms with Gasteiger partial charge >= 0.3 is 0 Å². The molecule has 0 saturated heterocycles. The maximum atomic E-state index is 10.2. The van der Waals surface area contributed by atoms with Crippen LogP contribution in [0.2, 0.25) is 0 Å². The Bertz CT molecular complexity index is 482. The van der Waals surface area contributed by atoms with Crippen molar-refractivity contribution in [3.8, 4) is 11.5 Å². The lowest BCUT2D eigenvalue weighted by atomic mass is 9.75. The summed E-state index contributed by atoms with van der Waals surface area (Å²) in [5.74, 6) is 0.758. The first-order valence-electron chi connectivity index (χ1n) is 6.78. The second-order valence-corrected chi connectivity index (χ2v) is 6.51. The van der Waals surface area contributed by atoms with Crippen LogP contribution in [0.25, 0.3) is 0 Å². The van der Waals surface area contributed by atoms with E-state index in [0.29, 0.717) is 11.5 Å². The van der Waals surface area contributed by atoms with E-state index < -0.39 is 0 Å². The second-order valence-electron chi connectivity index (χ2n) is 5.70. The summed E-state index contributed by atoms with van der Waals surface area (Å²) in [7, 11) is 0. The van der Waals surface area contributed by atoms with Crippen molar-refractivity contribution in [1.82, 2.24) is 0 Å². The number of hydrogen-bond donors (Lipinski definition) is 3. The van der Waals surface area contributed by atoms with Crippen molar-refractivity contribution in [3.05, 3.63) is 34.9 Å². The molecular weight excluding hydrogens is 256 g/mol. The minimum atomic E-state index is 0.0434. The zero-order valence-corrected chi connectivity index (χ0v) is 12.6. The summed E-state index contributed by atoms with van der Waals surface area (Å²) < 4.78 is 0. The summed E-state index contributed by atoms with van der Waals surface area (Å²) in [4.78, 5) is 0. The topological polar surface area (TPSA) is 40.5 Å². The Balaban J connectivity index is 2.51. The van der Waals surface area contributed by atoms with Gasteiger partial charge in [-0.15, -0.1) is 0 Å². The van der Waals surface area contributed by atoms with Crippen molar-refractivity contribution >= 4 is 12.6 Å². The van der Waals surface area contributed by atoms with Crippen LogP contribution < -0.4 is 0 Å². The first-order valence-corrected chi connectivity index (χ1v) is 7.29. The van der Waals surface area contributed by atoms with Crippen molar-refractivity contribution in [3.63, 3.8) is 0 Å². The monoisotopic (exact) mass is 278 g/mol. The first-order chi connectivity index (χ1) is 8.90. The van der Waals surface area contributed by atoms with Crippen LogP contribution in [0.1, 0.15) is 43.7 Å². The number of phenolic OH excluding ortho intramolecular Hbond substituents is 2. The van der Waals surface area contributed by atoms with E-state index in [-0.39, 0.29) is 22.7 Å². The third-order valence-corrected chi connectivity index (χ3v) is 4.41. The summed E-state index contributed by atoms with van der Waals surface area (Å²) in [5.41, 5.74) is 2.83. The lowest BCUT2D eigenvalue weighted by Crippen LogP contribution is -2.23. The molecule has 0 amide bonds. The molecule has 2 rings (SSSR count). The maximum absolute atomic E-state index is 10.2. The van der Waals surface area contributed by atoms with Crippen molar-refractivity contribution in [1.29, 1.82) is 0 Å². The Morgan fingerprint density at radius 1 is 1.21 bits per heavy atom. The molecule has 0 spiro atoms. The number of allylic oxidation sites excluding steroid dienone is 2. The van der Waals surface area contributed by atoms with E-state index in [1.54, 1.807) is 12.1 Å². The number of aryl methyl sites for hydroxylation is 1. The highest BCUT2D eigenvalue weighted by Gasteiger charge is 2.31. The molecule has 1 aliphatic carbocycles. The van der Waals surface area contributed by atoms with Crippen LogP contribution >= 0.6 is 12.6 Å². The quantitative estimate of drug-likeness (QED) is 0.561. The molecule has 3 heteroatoms. The van der Waals surface area contributed by atoms with Crippen LogP contribution in [0.15, 0.2) is 23.8 Å². The van der Waals surface area contributed by atoms with Crippen LogP contribution in [0.5, 0.6) is 11.5 Å². The van der Waals surface area contributed by atoms with Crippen LogP contribution in [0.4, 0.5) is 0 Å². The second kappa shape index (κ2) is 5.49. The minimum absolute atomic E-state index is 0.0434. The Morgan fingerprint density at radius 3 is 2.32 bits per heavy atom. The molecule has 0 bridgehead atoms. The van der Waals surface area contributed by atoms with Gasteiger partial charge in [0.15, 0.2) is 0 Å². The largest absolute Gasteiger partial charge is 0.507 e. The number of hydrogen-bond acceptors (Lipinski definition) is 3. The first kappa shape index (κ1) is 14.3. The maximum Gasteiger partial charge on any atom is 0.123 e. The summed E-state index contributed by atoms with van der Waals surface area (Å²) in [6.07, 6.45) is 4.29. The molecule has 19 heavy (non-hydrogen) atoms. The SMILES string of the molecule is CC1=CC(c2c(O)cc(C)cc2O)C(C(C)S)CC1. The molecule has 1 aliphatic rings. The molecule has 2 nitrogen and oxygen atoms in total. The van der Waals surface area contributed by atoms with Gasteiger partial charge < -0.3 is 10.2 Å². The number of thiol groups is 1. The average Bonchev–Trinajstić information content (AvgIpc) is 2.27. The van der Waals surface area contributed by atoms with E-state index in [2.05, 4.69) is 32.6 Å². The van der Waals surface area contributed by atoms with Crippen molar-refractivity contribution in [2.75, 3.05) is 0 Å². The number of phenols is 2. The summed E-state index contributed by atoms with van der Waals surface area (Å²) >= 11 is 4.58. The molecule has 0 fully saturated rings. The summed E-state index contributed by atoms with van der Waals surface area (Å²) in [6.45, 7) is 6.05. The molecule has 1 aromatic carbocycles. The third kappa shape index (κ3) is 2.92. The predicted octanol–water partition coefficient (Wildman–Crippen LogP) is 4.16. The van der Waals surface area contributed by atoms with Crippen LogP contribution in [-0.4, -0.2) is 15.5 Å². The molecule has 3 unspecified atom stereocenters. The molecule has 0 aliphatic heterocycles. The molecule has 2 N–H and O–H groups in total. The van der Waals surface area contributed by atoms with E-state index >= 15 is 0 Å². The van der Waals surface area contributed by atoms with Gasteiger partial charge in [-0.05, 0) is 50.3 Å². The van der Waals surface area contributed by atoms with Gasteiger partial charge in [0, 0.05) is 16.7 Å². The number of aromatic hydroxyl groups is 2. The smallest absolute Gasteiger partial charge is 0.123 e. The van der Waals surface area contributed by atoms with E-state index in [4.69, 9.17) is 0 Å². The number of rotatable bonds is 2. The molecule has 3 atom stereocenters. The van der Waals surface area contributed by atoms with Gasteiger partial charge in [-0.3, -0.25) is 0 Å². The lowest BCUT2D eigenvalue weighted by Gasteiger charge is -2.33.